The van der Waals surface area contributed by atoms with Gasteiger partial charge in [-0.05, 0) is 5.56 Å². The van der Waals surface area contributed by atoms with Gasteiger partial charge in [-0.3, -0.25) is 4.79 Å². The Morgan fingerprint density at radius 1 is 1.35 bits per heavy atom. The molecule has 0 saturated carbocycles. The molecule has 2 aromatic rings. The molecule has 1 saturated heterocycles. The highest BCUT2D eigenvalue weighted by Crippen LogP contribution is 2.29. The number of hydrogen-bond acceptors (Lipinski definition) is 3. The number of carbonyl (C=O) groups excluding carboxylic acids is 1. The quantitative estimate of drug-likeness (QED) is 0.875. The molecule has 0 bridgehead atoms. The molecule has 1 fully saturated rings. The molecule has 1 amide bonds. The van der Waals surface area contributed by atoms with E-state index in [1.807, 2.05) is 33.9 Å². The number of nitrogens with zero attached hydrogens (tertiary/aromatic N) is 3. The maximum absolute atomic E-state index is 12.2. The van der Waals surface area contributed by atoms with Gasteiger partial charge < -0.3 is 9.47 Å². The van der Waals surface area contributed by atoms with Crippen molar-refractivity contribution < 1.29 is 4.79 Å². The molecule has 0 radical (unpaired) electrons. The van der Waals surface area contributed by atoms with Crippen LogP contribution in [0.25, 0.3) is 0 Å². The fourth-order valence-corrected chi connectivity index (χ4v) is 3.00. The van der Waals surface area contributed by atoms with Crippen molar-refractivity contribution in [1.29, 1.82) is 0 Å². The fourth-order valence-electron chi connectivity index (χ4n) is 2.67. The fraction of sp³-hybridized carbons (Fsp3) is 0.333. The van der Waals surface area contributed by atoms with E-state index in [0.29, 0.717) is 13.0 Å². The predicted octanol–water partition coefficient (Wildman–Crippen LogP) is 2.16. The smallest absolute Gasteiger partial charge is 0.224 e. The molecule has 1 aliphatic heterocycles. The maximum Gasteiger partial charge on any atom is 0.224 e. The van der Waals surface area contributed by atoms with Gasteiger partial charge in [-0.25, -0.2) is 4.98 Å². The number of likely N-dealkylation sites (tertiary alicyclic amines) is 1. The zero-order chi connectivity index (χ0) is 13.9. The Kier molecular flexibility index (Phi) is 3.78. The molecule has 0 N–H and O–H groups in total. The van der Waals surface area contributed by atoms with E-state index in [4.69, 9.17) is 0 Å². The van der Waals surface area contributed by atoms with Gasteiger partial charge in [0.2, 0.25) is 5.91 Å². The standard InChI is InChI=1S/C15H17N3OS/c19-15-8-13(20)9-18(15)14(10-17-7-6-16-11-17)12-4-2-1-3-5-12/h1-7,11,13-14,20H,8-10H2. The van der Waals surface area contributed by atoms with E-state index in [9.17, 15) is 4.79 Å². The molecule has 1 aromatic carbocycles. The highest BCUT2D eigenvalue weighted by Gasteiger charge is 2.33. The molecule has 2 unspecified atom stereocenters. The van der Waals surface area contributed by atoms with Crippen LogP contribution in [0, 0.1) is 0 Å². The van der Waals surface area contributed by atoms with Crippen molar-refractivity contribution in [2.24, 2.45) is 0 Å². The second kappa shape index (κ2) is 5.71. The van der Waals surface area contributed by atoms with Crippen LogP contribution in [0.1, 0.15) is 18.0 Å². The number of benzene rings is 1. The molecule has 0 aliphatic carbocycles. The van der Waals surface area contributed by atoms with Crippen LogP contribution in [0.5, 0.6) is 0 Å². The predicted molar refractivity (Wildman–Crippen MR) is 80.5 cm³/mol. The van der Waals surface area contributed by atoms with Crippen molar-refractivity contribution >= 4 is 18.5 Å². The average Bonchev–Trinajstić information content (AvgIpc) is 3.07. The number of hydrogen-bond donors (Lipinski definition) is 1. The Hall–Kier alpha value is -1.75. The first-order valence-corrected chi connectivity index (χ1v) is 7.24. The van der Waals surface area contributed by atoms with Gasteiger partial charge in [0.25, 0.3) is 0 Å². The lowest BCUT2D eigenvalue weighted by molar-refractivity contribution is -0.130. The van der Waals surface area contributed by atoms with Crippen LogP contribution in [0.3, 0.4) is 0 Å². The van der Waals surface area contributed by atoms with Gasteiger partial charge in [-0.2, -0.15) is 12.6 Å². The Labute approximate surface area is 123 Å². The largest absolute Gasteiger partial charge is 0.335 e. The molecule has 4 nitrogen and oxygen atoms in total. The van der Waals surface area contributed by atoms with Crippen molar-refractivity contribution in [2.45, 2.75) is 24.3 Å². The highest BCUT2D eigenvalue weighted by atomic mass is 32.1. The van der Waals surface area contributed by atoms with Crippen LogP contribution in [0.2, 0.25) is 0 Å². The summed E-state index contributed by atoms with van der Waals surface area (Å²) in [5.74, 6) is 0.180. The van der Waals surface area contributed by atoms with Crippen LogP contribution in [-0.2, 0) is 11.3 Å². The molecule has 1 aliphatic rings. The summed E-state index contributed by atoms with van der Waals surface area (Å²) in [4.78, 5) is 18.2. The zero-order valence-corrected chi connectivity index (χ0v) is 12.0. The Morgan fingerprint density at radius 3 is 2.75 bits per heavy atom. The van der Waals surface area contributed by atoms with Crippen molar-refractivity contribution in [3.05, 3.63) is 54.6 Å². The van der Waals surface area contributed by atoms with Crippen molar-refractivity contribution in [1.82, 2.24) is 14.5 Å². The molecule has 1 aromatic heterocycles. The molecule has 20 heavy (non-hydrogen) atoms. The first-order chi connectivity index (χ1) is 9.74. The van der Waals surface area contributed by atoms with E-state index in [0.717, 1.165) is 12.1 Å². The normalized spacial score (nSPS) is 20.4. The summed E-state index contributed by atoms with van der Waals surface area (Å²) in [5.41, 5.74) is 1.15. The molecule has 104 valence electrons. The summed E-state index contributed by atoms with van der Waals surface area (Å²) in [6.45, 7) is 1.42. The summed E-state index contributed by atoms with van der Waals surface area (Å²) in [7, 11) is 0. The maximum atomic E-state index is 12.2. The lowest BCUT2D eigenvalue weighted by Gasteiger charge is -2.28. The number of thiol groups is 1. The summed E-state index contributed by atoms with van der Waals surface area (Å²) in [5, 5.41) is 0.136. The number of aromatic nitrogens is 2. The average molecular weight is 287 g/mol. The van der Waals surface area contributed by atoms with Gasteiger partial charge in [-0.1, -0.05) is 30.3 Å². The topological polar surface area (TPSA) is 38.1 Å². The minimum absolute atomic E-state index is 0.0371. The minimum Gasteiger partial charge on any atom is -0.335 e. The first kappa shape index (κ1) is 13.2. The first-order valence-electron chi connectivity index (χ1n) is 6.72. The second-order valence-corrected chi connectivity index (χ2v) is 5.82. The highest BCUT2D eigenvalue weighted by molar-refractivity contribution is 7.81. The van der Waals surface area contributed by atoms with Crippen molar-refractivity contribution in [3.63, 3.8) is 0 Å². The number of rotatable bonds is 4. The summed E-state index contributed by atoms with van der Waals surface area (Å²) in [6, 6.07) is 10.2. The van der Waals surface area contributed by atoms with E-state index < -0.39 is 0 Å². The Morgan fingerprint density at radius 2 is 2.15 bits per heavy atom. The van der Waals surface area contributed by atoms with E-state index in [-0.39, 0.29) is 17.2 Å². The van der Waals surface area contributed by atoms with Gasteiger partial charge in [0, 0.05) is 37.2 Å². The third-order valence-corrected chi connectivity index (χ3v) is 3.99. The summed E-state index contributed by atoms with van der Waals surface area (Å²) < 4.78 is 2.01. The minimum atomic E-state index is 0.0371. The second-order valence-electron chi connectivity index (χ2n) is 5.09. The van der Waals surface area contributed by atoms with Crippen molar-refractivity contribution in [2.75, 3.05) is 6.54 Å². The van der Waals surface area contributed by atoms with Gasteiger partial charge >= 0.3 is 0 Å². The van der Waals surface area contributed by atoms with Crippen LogP contribution in [-0.4, -0.2) is 32.2 Å². The van der Waals surface area contributed by atoms with E-state index in [1.165, 1.54) is 0 Å². The third kappa shape index (κ3) is 2.72. The monoisotopic (exact) mass is 287 g/mol. The molecule has 3 rings (SSSR count). The summed E-state index contributed by atoms with van der Waals surface area (Å²) >= 11 is 4.45. The molecular weight excluding hydrogens is 270 g/mol. The molecular formula is C15H17N3OS. The third-order valence-electron chi connectivity index (χ3n) is 3.64. The van der Waals surface area contributed by atoms with Crippen LogP contribution < -0.4 is 0 Å². The number of imidazole rings is 1. The Bertz CT molecular complexity index is 570. The molecule has 5 heteroatoms. The van der Waals surface area contributed by atoms with E-state index in [1.54, 1.807) is 12.5 Å². The van der Waals surface area contributed by atoms with Crippen LogP contribution >= 0.6 is 12.6 Å². The molecule has 0 spiro atoms. The lowest BCUT2D eigenvalue weighted by Crippen LogP contribution is -2.33. The van der Waals surface area contributed by atoms with Crippen molar-refractivity contribution in [3.8, 4) is 0 Å². The van der Waals surface area contributed by atoms with Gasteiger partial charge in [0.1, 0.15) is 0 Å². The van der Waals surface area contributed by atoms with Crippen LogP contribution in [0.4, 0.5) is 0 Å². The zero-order valence-electron chi connectivity index (χ0n) is 11.1. The Balaban J connectivity index is 1.89. The van der Waals surface area contributed by atoms with Crippen LogP contribution in [0.15, 0.2) is 49.1 Å². The SMILES string of the molecule is O=C1CC(S)CN1C(Cn1ccnc1)c1ccccc1. The van der Waals surface area contributed by atoms with E-state index >= 15 is 0 Å². The lowest BCUT2D eigenvalue weighted by atomic mass is 10.1. The van der Waals surface area contributed by atoms with E-state index in [2.05, 4.69) is 29.7 Å². The molecule has 2 atom stereocenters. The summed E-state index contributed by atoms with van der Waals surface area (Å²) in [6.07, 6.45) is 6.00. The van der Waals surface area contributed by atoms with Gasteiger partial charge in [0.15, 0.2) is 0 Å². The molecule has 2 heterocycles. The number of carbonyl (C=O) groups is 1. The van der Waals surface area contributed by atoms with Gasteiger partial charge in [0.05, 0.1) is 12.4 Å². The number of amides is 1. The van der Waals surface area contributed by atoms with Gasteiger partial charge in [-0.15, -0.1) is 0 Å².